The number of nitrogens with zero attached hydrogens (tertiary/aromatic N) is 5. The molecule has 28 heavy (non-hydrogen) atoms. The van der Waals surface area contributed by atoms with Crippen molar-refractivity contribution in [2.75, 3.05) is 6.54 Å². The smallest absolute Gasteiger partial charge is 0.0946 e. The van der Waals surface area contributed by atoms with Crippen molar-refractivity contribution in [1.29, 1.82) is 0 Å². The second kappa shape index (κ2) is 8.23. The van der Waals surface area contributed by atoms with Gasteiger partial charge in [-0.15, -0.1) is 0 Å². The van der Waals surface area contributed by atoms with Crippen LogP contribution in [0, 0.1) is 13.8 Å². The molecule has 3 aromatic rings. The van der Waals surface area contributed by atoms with Crippen molar-refractivity contribution in [2.45, 2.75) is 51.6 Å². The Bertz CT molecular complexity index is 879. The highest BCUT2D eigenvalue weighted by molar-refractivity contribution is 5.26. The first kappa shape index (κ1) is 18.8. The van der Waals surface area contributed by atoms with E-state index in [2.05, 4.69) is 42.1 Å². The Kier molecular flexibility index (Phi) is 5.53. The molecule has 0 radical (unpaired) electrons. The fourth-order valence-electron chi connectivity index (χ4n) is 4.49. The maximum atomic E-state index is 4.78. The molecule has 0 aliphatic carbocycles. The Morgan fingerprint density at radius 2 is 1.54 bits per heavy atom. The molecule has 1 aliphatic heterocycles. The number of pyridine rings is 2. The number of rotatable bonds is 5. The summed E-state index contributed by atoms with van der Waals surface area (Å²) in [5, 5.41) is 0. The van der Waals surface area contributed by atoms with Gasteiger partial charge in [0.05, 0.1) is 35.5 Å². The van der Waals surface area contributed by atoms with E-state index in [0.29, 0.717) is 12.1 Å². The Labute approximate surface area is 167 Å². The van der Waals surface area contributed by atoms with E-state index >= 15 is 0 Å². The molecule has 0 aromatic carbocycles. The van der Waals surface area contributed by atoms with Gasteiger partial charge < -0.3 is 4.57 Å². The monoisotopic (exact) mass is 375 g/mol. The van der Waals surface area contributed by atoms with Crippen molar-refractivity contribution < 1.29 is 0 Å². The quantitative estimate of drug-likeness (QED) is 0.666. The second-order valence-corrected chi connectivity index (χ2v) is 7.89. The van der Waals surface area contributed by atoms with Crippen molar-refractivity contribution in [2.24, 2.45) is 7.05 Å². The average Bonchev–Trinajstić information content (AvgIpc) is 3.12. The summed E-state index contributed by atoms with van der Waals surface area (Å²) in [6.07, 6.45) is 12.3. The number of aromatic nitrogens is 4. The molecule has 3 aromatic heterocycles. The number of piperidine rings is 1. The predicted molar refractivity (Wildman–Crippen MR) is 111 cm³/mol. The third-order valence-electron chi connectivity index (χ3n) is 5.87. The Morgan fingerprint density at radius 3 is 2.04 bits per heavy atom. The zero-order chi connectivity index (χ0) is 19.5. The fraction of sp³-hybridized carbons (Fsp3) is 0.435. The van der Waals surface area contributed by atoms with Gasteiger partial charge in [0, 0.05) is 38.6 Å². The normalized spacial score (nSPS) is 20.4. The lowest BCUT2D eigenvalue weighted by molar-refractivity contribution is 0.0772. The van der Waals surface area contributed by atoms with Gasteiger partial charge in [-0.2, -0.15) is 0 Å². The van der Waals surface area contributed by atoms with Gasteiger partial charge in [-0.3, -0.25) is 14.9 Å². The van der Waals surface area contributed by atoms with Gasteiger partial charge >= 0.3 is 0 Å². The van der Waals surface area contributed by atoms with Crippen LogP contribution in [0.25, 0.3) is 0 Å². The minimum absolute atomic E-state index is 0.324. The number of likely N-dealkylation sites (tertiary alicyclic amines) is 1. The number of aryl methyl sites for hydroxylation is 3. The van der Waals surface area contributed by atoms with E-state index in [1.807, 2.05) is 42.5 Å². The molecule has 0 spiro atoms. The minimum Gasteiger partial charge on any atom is -0.340 e. The summed E-state index contributed by atoms with van der Waals surface area (Å²) in [6.45, 7) is 5.31. The lowest BCUT2D eigenvalue weighted by Gasteiger charge is -2.42. The van der Waals surface area contributed by atoms with E-state index in [1.54, 1.807) is 0 Å². The van der Waals surface area contributed by atoms with Gasteiger partial charge in [-0.1, -0.05) is 12.1 Å². The van der Waals surface area contributed by atoms with Crippen LogP contribution in [-0.4, -0.2) is 31.0 Å². The molecule has 2 atom stereocenters. The summed E-state index contributed by atoms with van der Waals surface area (Å²) < 4.78 is 2.02. The summed E-state index contributed by atoms with van der Waals surface area (Å²) in [5.74, 6) is 0. The molecule has 0 N–H and O–H groups in total. The molecule has 4 rings (SSSR count). The van der Waals surface area contributed by atoms with E-state index < -0.39 is 0 Å². The fourth-order valence-corrected chi connectivity index (χ4v) is 4.49. The van der Waals surface area contributed by atoms with Gasteiger partial charge in [0.2, 0.25) is 0 Å². The summed E-state index contributed by atoms with van der Waals surface area (Å²) in [4.78, 5) is 16.7. The minimum atomic E-state index is 0.324. The average molecular weight is 376 g/mol. The van der Waals surface area contributed by atoms with Crippen LogP contribution in [0.15, 0.2) is 49.2 Å². The number of imidazole rings is 1. The first-order valence-electron chi connectivity index (χ1n) is 10.2. The van der Waals surface area contributed by atoms with Crippen LogP contribution >= 0.6 is 0 Å². The van der Waals surface area contributed by atoms with Crippen LogP contribution in [0.1, 0.15) is 59.6 Å². The van der Waals surface area contributed by atoms with Crippen molar-refractivity contribution in [3.63, 3.8) is 0 Å². The van der Waals surface area contributed by atoms with Crippen LogP contribution < -0.4 is 0 Å². The van der Waals surface area contributed by atoms with E-state index in [9.17, 15) is 0 Å². The Morgan fingerprint density at radius 1 is 0.929 bits per heavy atom. The van der Waals surface area contributed by atoms with Crippen molar-refractivity contribution in [3.05, 3.63) is 77.4 Å². The molecule has 0 saturated carbocycles. The standard InChI is InChI=1S/C23H29N5/c1-17-7-5-12-24-22(17)20-9-4-10-21(23-18(2)8-6-13-25-23)28(20)14-11-19-15-27(3)16-26-19/h5-8,12-13,15-16,20-21H,4,9-11,14H2,1-3H3/t20-,21?/m1/s1. The molecular weight excluding hydrogens is 346 g/mol. The van der Waals surface area contributed by atoms with Crippen LogP contribution in [0.3, 0.4) is 0 Å². The molecule has 1 unspecified atom stereocenters. The van der Waals surface area contributed by atoms with Crippen molar-refractivity contribution in [1.82, 2.24) is 24.4 Å². The van der Waals surface area contributed by atoms with Crippen molar-refractivity contribution >= 4 is 0 Å². The van der Waals surface area contributed by atoms with E-state index in [1.165, 1.54) is 28.9 Å². The first-order valence-corrected chi connectivity index (χ1v) is 10.2. The van der Waals surface area contributed by atoms with Gasteiger partial charge in [0.15, 0.2) is 0 Å². The first-order chi connectivity index (χ1) is 13.6. The van der Waals surface area contributed by atoms with Gasteiger partial charge in [-0.05, 0) is 56.4 Å². The van der Waals surface area contributed by atoms with Crippen LogP contribution in [0.5, 0.6) is 0 Å². The Hall–Kier alpha value is -2.53. The van der Waals surface area contributed by atoms with Gasteiger partial charge in [0.25, 0.3) is 0 Å². The van der Waals surface area contributed by atoms with Crippen molar-refractivity contribution in [3.8, 4) is 0 Å². The maximum Gasteiger partial charge on any atom is 0.0946 e. The lowest BCUT2D eigenvalue weighted by atomic mass is 9.88. The molecule has 146 valence electrons. The third-order valence-corrected chi connectivity index (χ3v) is 5.87. The van der Waals surface area contributed by atoms with E-state index in [4.69, 9.17) is 9.97 Å². The molecule has 1 fully saturated rings. The number of hydrogen-bond donors (Lipinski definition) is 0. The molecule has 4 heterocycles. The highest BCUT2D eigenvalue weighted by atomic mass is 15.2. The SMILES string of the molecule is Cc1cccnc1C1CCC[C@H](c2ncccc2C)N1CCc1cn(C)cn1. The molecule has 5 heteroatoms. The largest absolute Gasteiger partial charge is 0.340 e. The van der Waals surface area contributed by atoms with E-state index in [-0.39, 0.29) is 0 Å². The lowest BCUT2D eigenvalue weighted by Crippen LogP contribution is -2.39. The molecule has 0 amide bonds. The van der Waals surface area contributed by atoms with Crippen LogP contribution in [0.2, 0.25) is 0 Å². The predicted octanol–water partition coefficient (Wildman–Crippen LogP) is 4.34. The molecule has 0 bridgehead atoms. The molecule has 5 nitrogen and oxygen atoms in total. The zero-order valence-electron chi connectivity index (χ0n) is 17.0. The Balaban J connectivity index is 1.68. The third kappa shape index (κ3) is 3.85. The molecular formula is C23H29N5. The highest BCUT2D eigenvalue weighted by Crippen LogP contribution is 2.41. The molecule has 1 aliphatic rings. The zero-order valence-corrected chi connectivity index (χ0v) is 17.0. The van der Waals surface area contributed by atoms with E-state index in [0.717, 1.165) is 31.5 Å². The number of hydrogen-bond acceptors (Lipinski definition) is 4. The second-order valence-electron chi connectivity index (χ2n) is 7.89. The van der Waals surface area contributed by atoms with Gasteiger partial charge in [-0.25, -0.2) is 4.98 Å². The maximum absolute atomic E-state index is 4.78. The summed E-state index contributed by atoms with van der Waals surface area (Å²) in [7, 11) is 2.03. The van der Waals surface area contributed by atoms with Crippen LogP contribution in [0.4, 0.5) is 0 Å². The highest BCUT2D eigenvalue weighted by Gasteiger charge is 2.35. The summed E-state index contributed by atoms with van der Waals surface area (Å²) >= 11 is 0. The summed E-state index contributed by atoms with van der Waals surface area (Å²) in [6, 6.07) is 9.06. The van der Waals surface area contributed by atoms with Gasteiger partial charge in [0.1, 0.15) is 0 Å². The molecule has 1 saturated heterocycles. The summed E-state index contributed by atoms with van der Waals surface area (Å²) in [5.41, 5.74) is 6.10. The topological polar surface area (TPSA) is 46.8 Å². The van der Waals surface area contributed by atoms with Crippen LogP contribution in [-0.2, 0) is 13.5 Å².